The Morgan fingerprint density at radius 2 is 2.04 bits per heavy atom. The Kier molecular flexibility index (Phi) is 5.28. The molecule has 5 nitrogen and oxygen atoms in total. The fourth-order valence-corrected chi connectivity index (χ4v) is 5.34. The third kappa shape index (κ3) is 3.82. The van der Waals surface area contributed by atoms with Crippen LogP contribution in [0.4, 0.5) is 0 Å². The van der Waals surface area contributed by atoms with Crippen LogP contribution >= 0.6 is 0 Å². The molecule has 1 amide bonds. The van der Waals surface area contributed by atoms with E-state index in [1.807, 2.05) is 0 Å². The second-order valence-corrected chi connectivity index (χ2v) is 8.23. The van der Waals surface area contributed by atoms with Gasteiger partial charge in [0.25, 0.3) is 0 Å². The van der Waals surface area contributed by atoms with E-state index in [1.54, 1.807) is 4.90 Å². The van der Waals surface area contributed by atoms with E-state index in [9.17, 15) is 14.7 Å². The summed E-state index contributed by atoms with van der Waals surface area (Å²) in [7, 11) is 0. The minimum atomic E-state index is -1.03. The molecule has 2 N–H and O–H groups in total. The molecule has 2 bridgehead atoms. The zero-order chi connectivity index (χ0) is 17.2. The van der Waals surface area contributed by atoms with Gasteiger partial charge >= 0.3 is 0 Å². The number of carbonyl (C=O) groups is 2. The molecule has 0 spiro atoms. The van der Waals surface area contributed by atoms with Gasteiger partial charge < -0.3 is 20.1 Å². The number of carbonyl (C=O) groups excluding carboxylic acids is 2. The number of fused-ring (bicyclic) bond motifs is 3. The van der Waals surface area contributed by atoms with Crippen molar-refractivity contribution in [3.63, 3.8) is 0 Å². The average Bonchev–Trinajstić information content (AvgIpc) is 3.00. The SMILES string of the molecule is C=C[C@H]1C[NH+]2CC[C@H]1C[C@@H]2CNC(=O)CC1(CC(=O)[O-])CCCC1. The Labute approximate surface area is 144 Å². The van der Waals surface area contributed by atoms with Crippen molar-refractivity contribution >= 4 is 11.9 Å². The summed E-state index contributed by atoms with van der Waals surface area (Å²) in [6, 6.07) is 0.504. The minimum Gasteiger partial charge on any atom is -0.550 e. The smallest absolute Gasteiger partial charge is 0.220 e. The van der Waals surface area contributed by atoms with Crippen LogP contribution in [-0.2, 0) is 9.59 Å². The highest BCUT2D eigenvalue weighted by molar-refractivity contribution is 5.77. The van der Waals surface area contributed by atoms with Crippen molar-refractivity contribution in [3.8, 4) is 0 Å². The summed E-state index contributed by atoms with van der Waals surface area (Å²) in [5, 5.41) is 14.1. The first kappa shape index (κ1) is 17.5. The minimum absolute atomic E-state index is 0.0143. The summed E-state index contributed by atoms with van der Waals surface area (Å²) in [5.41, 5.74) is -0.366. The molecule has 0 aromatic carbocycles. The Morgan fingerprint density at radius 3 is 2.62 bits per heavy atom. The largest absolute Gasteiger partial charge is 0.550 e. The Bertz CT molecular complexity index is 499. The van der Waals surface area contributed by atoms with Gasteiger partial charge in [-0.3, -0.25) is 4.79 Å². The van der Waals surface area contributed by atoms with Gasteiger partial charge in [0.1, 0.15) is 6.04 Å². The Hall–Kier alpha value is -1.36. The molecule has 4 atom stereocenters. The fourth-order valence-electron chi connectivity index (χ4n) is 5.34. The number of rotatable bonds is 7. The monoisotopic (exact) mass is 334 g/mol. The quantitative estimate of drug-likeness (QED) is 0.626. The predicted molar refractivity (Wildman–Crippen MR) is 89.0 cm³/mol. The highest BCUT2D eigenvalue weighted by Crippen LogP contribution is 2.43. The van der Waals surface area contributed by atoms with E-state index < -0.39 is 5.97 Å². The van der Waals surface area contributed by atoms with Crippen LogP contribution in [0.2, 0.25) is 0 Å². The Morgan fingerprint density at radius 1 is 1.29 bits per heavy atom. The summed E-state index contributed by atoms with van der Waals surface area (Å²) < 4.78 is 0. The van der Waals surface area contributed by atoms with Gasteiger partial charge in [-0.25, -0.2) is 0 Å². The number of hydrogen-bond acceptors (Lipinski definition) is 3. The summed E-state index contributed by atoms with van der Waals surface area (Å²) in [4.78, 5) is 25.0. The number of carboxylic acids is 1. The van der Waals surface area contributed by atoms with Crippen LogP contribution in [0, 0.1) is 17.3 Å². The topological polar surface area (TPSA) is 73.7 Å². The molecule has 0 aromatic rings. The molecule has 3 heterocycles. The van der Waals surface area contributed by atoms with Crippen molar-refractivity contribution in [2.75, 3.05) is 19.6 Å². The third-order valence-electron chi connectivity index (χ3n) is 6.67. The summed E-state index contributed by atoms with van der Waals surface area (Å²) in [6.07, 6.45) is 8.59. The molecular weight excluding hydrogens is 304 g/mol. The van der Waals surface area contributed by atoms with E-state index in [0.29, 0.717) is 18.4 Å². The molecule has 5 heteroatoms. The third-order valence-corrected chi connectivity index (χ3v) is 6.67. The summed E-state index contributed by atoms with van der Waals surface area (Å²) >= 11 is 0. The lowest BCUT2D eigenvalue weighted by Gasteiger charge is -2.46. The van der Waals surface area contributed by atoms with Gasteiger partial charge in [-0.1, -0.05) is 18.9 Å². The predicted octanol–water partition coefficient (Wildman–Crippen LogP) is -0.328. The molecule has 1 aliphatic carbocycles. The molecule has 0 aromatic heterocycles. The molecule has 134 valence electrons. The fraction of sp³-hybridized carbons (Fsp3) is 0.789. The van der Waals surface area contributed by atoms with Gasteiger partial charge in [0.15, 0.2) is 0 Å². The number of hydrogen-bond donors (Lipinski definition) is 2. The highest BCUT2D eigenvalue weighted by atomic mass is 16.4. The lowest BCUT2D eigenvalue weighted by molar-refractivity contribution is -0.944. The van der Waals surface area contributed by atoms with Gasteiger partial charge in [-0.15, -0.1) is 6.58 Å². The van der Waals surface area contributed by atoms with E-state index in [0.717, 1.165) is 51.1 Å². The van der Waals surface area contributed by atoms with Crippen molar-refractivity contribution in [3.05, 3.63) is 12.7 Å². The number of amides is 1. The normalized spacial score (nSPS) is 34.0. The molecule has 3 aliphatic heterocycles. The van der Waals surface area contributed by atoms with Gasteiger partial charge in [-0.2, -0.15) is 0 Å². The van der Waals surface area contributed by atoms with Crippen LogP contribution in [-0.4, -0.2) is 37.6 Å². The average molecular weight is 334 g/mol. The first-order valence-electron chi connectivity index (χ1n) is 9.45. The van der Waals surface area contributed by atoms with Crippen molar-refractivity contribution in [2.24, 2.45) is 17.3 Å². The lowest BCUT2D eigenvalue weighted by Crippen LogP contribution is -3.20. The summed E-state index contributed by atoms with van der Waals surface area (Å²) in [6.45, 7) is 7.01. The standard InChI is InChI=1S/C19H30N2O3/c1-2-14-13-21-8-5-15(14)9-16(21)12-20-17(22)10-19(11-18(23)24)6-3-4-7-19/h2,14-16H,1,3-13H2,(H,20,22)(H,23,24)/t14-,15-,16+/m0/s1. The number of aliphatic carboxylic acids is 1. The zero-order valence-electron chi connectivity index (χ0n) is 14.5. The number of carboxylic acid groups (broad SMARTS) is 1. The van der Waals surface area contributed by atoms with Crippen LogP contribution in [0.3, 0.4) is 0 Å². The molecule has 1 saturated carbocycles. The molecule has 4 fully saturated rings. The molecular formula is C19H30N2O3. The van der Waals surface area contributed by atoms with E-state index in [2.05, 4.69) is 18.0 Å². The second-order valence-electron chi connectivity index (χ2n) is 8.23. The van der Waals surface area contributed by atoms with Gasteiger partial charge in [-0.05, 0) is 30.6 Å². The van der Waals surface area contributed by atoms with E-state index in [1.165, 1.54) is 13.0 Å². The first-order chi connectivity index (χ1) is 11.5. The van der Waals surface area contributed by atoms with Crippen molar-refractivity contribution < 1.29 is 19.6 Å². The molecule has 3 saturated heterocycles. The van der Waals surface area contributed by atoms with Gasteiger partial charge in [0.05, 0.1) is 19.6 Å². The molecule has 1 unspecified atom stereocenters. The Balaban J connectivity index is 1.49. The number of nitrogens with one attached hydrogen (secondary N) is 2. The maximum absolute atomic E-state index is 12.4. The van der Waals surface area contributed by atoms with Crippen LogP contribution in [0.15, 0.2) is 12.7 Å². The van der Waals surface area contributed by atoms with Crippen LogP contribution in [0.1, 0.15) is 51.4 Å². The van der Waals surface area contributed by atoms with Crippen molar-refractivity contribution in [2.45, 2.75) is 57.4 Å². The lowest BCUT2D eigenvalue weighted by atomic mass is 9.75. The molecule has 4 aliphatic rings. The maximum atomic E-state index is 12.4. The maximum Gasteiger partial charge on any atom is 0.220 e. The van der Waals surface area contributed by atoms with Crippen LogP contribution in [0.5, 0.6) is 0 Å². The van der Waals surface area contributed by atoms with E-state index >= 15 is 0 Å². The molecule has 4 rings (SSSR count). The number of piperidine rings is 3. The van der Waals surface area contributed by atoms with E-state index in [4.69, 9.17) is 0 Å². The van der Waals surface area contributed by atoms with Crippen molar-refractivity contribution in [1.29, 1.82) is 0 Å². The zero-order valence-corrected chi connectivity index (χ0v) is 14.5. The second kappa shape index (κ2) is 7.26. The molecule has 0 radical (unpaired) electrons. The van der Waals surface area contributed by atoms with Gasteiger partial charge in [0, 0.05) is 31.1 Å². The molecule has 24 heavy (non-hydrogen) atoms. The van der Waals surface area contributed by atoms with Crippen LogP contribution < -0.4 is 15.3 Å². The summed E-state index contributed by atoms with van der Waals surface area (Å²) in [5.74, 6) is 0.340. The highest BCUT2D eigenvalue weighted by Gasteiger charge is 2.42. The van der Waals surface area contributed by atoms with Gasteiger partial charge in [0.2, 0.25) is 5.91 Å². The van der Waals surface area contributed by atoms with E-state index in [-0.39, 0.29) is 17.7 Å². The number of quaternary nitrogens is 1. The van der Waals surface area contributed by atoms with Crippen molar-refractivity contribution in [1.82, 2.24) is 5.32 Å². The van der Waals surface area contributed by atoms with Crippen LogP contribution in [0.25, 0.3) is 0 Å². The first-order valence-corrected chi connectivity index (χ1v) is 9.45.